The van der Waals surface area contributed by atoms with Crippen molar-refractivity contribution in [3.05, 3.63) is 58.7 Å². The summed E-state index contributed by atoms with van der Waals surface area (Å²) in [5.41, 5.74) is 2.82. The maximum atomic E-state index is 12.9. The van der Waals surface area contributed by atoms with Gasteiger partial charge in [0.1, 0.15) is 0 Å². The predicted molar refractivity (Wildman–Crippen MR) is 110 cm³/mol. The van der Waals surface area contributed by atoms with E-state index in [9.17, 15) is 4.79 Å². The number of carbonyl (C=O) groups excluding carboxylic acids is 1. The minimum absolute atomic E-state index is 0.0807. The number of benzene rings is 1. The fraction of sp³-hybridized carbons (Fsp3) is 0.333. The number of nitrogens with zero attached hydrogens (tertiary/aromatic N) is 5. The summed E-state index contributed by atoms with van der Waals surface area (Å²) in [6.07, 6.45) is 6.03. The van der Waals surface area contributed by atoms with Gasteiger partial charge >= 0.3 is 0 Å². The normalized spacial score (nSPS) is 17.0. The van der Waals surface area contributed by atoms with E-state index in [2.05, 4.69) is 20.2 Å². The predicted octanol–water partition coefficient (Wildman–Crippen LogP) is 3.44. The molecule has 142 valence electrons. The number of hydrogen-bond acceptors (Lipinski definition) is 6. The Morgan fingerprint density at radius 1 is 1.00 bits per heavy atom. The lowest BCUT2D eigenvalue weighted by Crippen LogP contribution is -2.49. The van der Waals surface area contributed by atoms with Crippen molar-refractivity contribution < 1.29 is 4.79 Å². The molecule has 2 aliphatic rings. The summed E-state index contributed by atoms with van der Waals surface area (Å²) in [5, 5.41) is 3.37. The van der Waals surface area contributed by atoms with E-state index in [-0.39, 0.29) is 5.91 Å². The molecule has 2 aromatic heterocycles. The number of thiazole rings is 1. The third-order valence-electron chi connectivity index (χ3n) is 5.28. The SMILES string of the molecule is O=C(c1ccc(-c2csc(C3CC3)n2)cc1)N1CCN(c2ncccn2)CC1. The van der Waals surface area contributed by atoms with Gasteiger partial charge in [0.2, 0.25) is 5.95 Å². The molecule has 28 heavy (non-hydrogen) atoms. The average Bonchev–Trinajstić information content (AvgIpc) is 3.51. The summed E-state index contributed by atoms with van der Waals surface area (Å²) < 4.78 is 0. The highest BCUT2D eigenvalue weighted by Crippen LogP contribution is 2.42. The van der Waals surface area contributed by atoms with Gasteiger partial charge in [-0.25, -0.2) is 15.0 Å². The molecule has 0 unspecified atom stereocenters. The lowest BCUT2D eigenvalue weighted by Gasteiger charge is -2.34. The van der Waals surface area contributed by atoms with Crippen molar-refractivity contribution in [3.63, 3.8) is 0 Å². The van der Waals surface area contributed by atoms with E-state index in [1.807, 2.05) is 35.2 Å². The van der Waals surface area contributed by atoms with Crippen LogP contribution in [0.25, 0.3) is 11.3 Å². The summed E-state index contributed by atoms with van der Waals surface area (Å²) in [4.78, 5) is 30.2. The van der Waals surface area contributed by atoms with E-state index in [1.54, 1.807) is 23.7 Å². The Morgan fingerprint density at radius 2 is 1.71 bits per heavy atom. The lowest BCUT2D eigenvalue weighted by molar-refractivity contribution is 0.0746. The summed E-state index contributed by atoms with van der Waals surface area (Å²) in [6.45, 7) is 2.85. The van der Waals surface area contributed by atoms with Crippen molar-refractivity contribution in [2.75, 3.05) is 31.1 Å². The van der Waals surface area contributed by atoms with Crippen molar-refractivity contribution >= 4 is 23.2 Å². The molecule has 1 aromatic carbocycles. The van der Waals surface area contributed by atoms with Crippen LogP contribution in [0.2, 0.25) is 0 Å². The van der Waals surface area contributed by atoms with Gasteiger partial charge in [-0.3, -0.25) is 4.79 Å². The van der Waals surface area contributed by atoms with Crippen molar-refractivity contribution in [2.24, 2.45) is 0 Å². The highest BCUT2D eigenvalue weighted by molar-refractivity contribution is 7.10. The first-order chi connectivity index (χ1) is 13.8. The Kier molecular flexibility index (Phi) is 4.52. The Morgan fingerprint density at radius 3 is 2.39 bits per heavy atom. The monoisotopic (exact) mass is 391 g/mol. The second-order valence-electron chi connectivity index (χ2n) is 7.25. The molecule has 0 N–H and O–H groups in total. The molecule has 1 amide bonds. The van der Waals surface area contributed by atoms with Crippen LogP contribution in [0.4, 0.5) is 5.95 Å². The summed E-state index contributed by atoms with van der Waals surface area (Å²) in [5.74, 6) is 1.49. The van der Waals surface area contributed by atoms with Crippen molar-refractivity contribution in [1.29, 1.82) is 0 Å². The second-order valence-corrected chi connectivity index (χ2v) is 8.14. The summed E-state index contributed by atoms with van der Waals surface area (Å²) >= 11 is 1.75. The van der Waals surface area contributed by atoms with Gasteiger partial charge in [0.25, 0.3) is 5.91 Å². The Balaban J connectivity index is 1.23. The van der Waals surface area contributed by atoms with Gasteiger partial charge in [-0.1, -0.05) is 12.1 Å². The number of aromatic nitrogens is 3. The lowest BCUT2D eigenvalue weighted by atomic mass is 10.1. The first kappa shape index (κ1) is 17.3. The fourth-order valence-electron chi connectivity index (χ4n) is 3.47. The van der Waals surface area contributed by atoms with E-state index >= 15 is 0 Å². The van der Waals surface area contributed by atoms with Crippen LogP contribution < -0.4 is 4.90 Å². The zero-order chi connectivity index (χ0) is 18.9. The first-order valence-corrected chi connectivity index (χ1v) is 10.5. The van der Waals surface area contributed by atoms with Crippen LogP contribution in [0.3, 0.4) is 0 Å². The molecule has 0 radical (unpaired) electrons. The van der Waals surface area contributed by atoms with Crippen LogP contribution in [0, 0.1) is 0 Å². The van der Waals surface area contributed by atoms with E-state index < -0.39 is 0 Å². The van der Waals surface area contributed by atoms with Gasteiger partial charge in [-0.15, -0.1) is 11.3 Å². The molecule has 6 nitrogen and oxygen atoms in total. The molecule has 1 saturated carbocycles. The molecule has 5 rings (SSSR count). The number of piperazine rings is 1. The Hall–Kier alpha value is -2.80. The van der Waals surface area contributed by atoms with Crippen LogP contribution in [0.15, 0.2) is 48.1 Å². The highest BCUT2D eigenvalue weighted by atomic mass is 32.1. The Labute approximate surface area is 167 Å². The zero-order valence-electron chi connectivity index (χ0n) is 15.5. The first-order valence-electron chi connectivity index (χ1n) is 9.65. The number of carbonyl (C=O) groups is 1. The third kappa shape index (κ3) is 3.49. The molecule has 1 saturated heterocycles. The van der Waals surface area contributed by atoms with Crippen LogP contribution in [0.5, 0.6) is 0 Å². The van der Waals surface area contributed by atoms with Gasteiger partial charge in [-0.2, -0.15) is 0 Å². The van der Waals surface area contributed by atoms with E-state index in [1.165, 1.54) is 17.8 Å². The second kappa shape index (κ2) is 7.31. The molecule has 3 heterocycles. The standard InChI is InChI=1S/C21H21N5OS/c27-20(25-10-12-26(13-11-25)21-22-8-1-9-23-21)17-6-2-15(3-7-17)18-14-28-19(24-18)16-4-5-16/h1-3,6-9,14,16H,4-5,10-13H2. The van der Waals surface area contributed by atoms with Gasteiger partial charge < -0.3 is 9.80 Å². The largest absolute Gasteiger partial charge is 0.337 e. The number of amides is 1. The smallest absolute Gasteiger partial charge is 0.253 e. The molecule has 1 aliphatic carbocycles. The molecule has 2 fully saturated rings. The maximum Gasteiger partial charge on any atom is 0.253 e. The minimum atomic E-state index is 0.0807. The van der Waals surface area contributed by atoms with Crippen LogP contribution in [-0.4, -0.2) is 51.9 Å². The van der Waals surface area contributed by atoms with E-state index in [4.69, 9.17) is 4.98 Å². The van der Waals surface area contributed by atoms with Crippen molar-refractivity contribution in [1.82, 2.24) is 19.9 Å². The van der Waals surface area contributed by atoms with E-state index in [0.717, 1.165) is 35.9 Å². The quantitative estimate of drug-likeness (QED) is 0.682. The average molecular weight is 392 g/mol. The number of anilines is 1. The molecule has 0 atom stereocenters. The fourth-order valence-corrected chi connectivity index (χ4v) is 4.47. The molecular formula is C21H21N5OS. The topological polar surface area (TPSA) is 62.2 Å². The molecular weight excluding hydrogens is 370 g/mol. The van der Waals surface area contributed by atoms with Gasteiger partial charge in [0, 0.05) is 61.0 Å². The number of hydrogen-bond donors (Lipinski definition) is 0. The maximum absolute atomic E-state index is 12.9. The van der Waals surface area contributed by atoms with Gasteiger partial charge in [0.15, 0.2) is 0 Å². The van der Waals surface area contributed by atoms with Gasteiger partial charge in [0.05, 0.1) is 10.7 Å². The van der Waals surface area contributed by atoms with Crippen molar-refractivity contribution in [3.8, 4) is 11.3 Å². The Bertz CT molecular complexity index is 960. The summed E-state index contributed by atoms with van der Waals surface area (Å²) in [6, 6.07) is 9.66. The zero-order valence-corrected chi connectivity index (χ0v) is 16.3. The van der Waals surface area contributed by atoms with E-state index in [0.29, 0.717) is 19.0 Å². The molecule has 1 aliphatic heterocycles. The molecule has 3 aromatic rings. The molecule has 7 heteroatoms. The van der Waals surface area contributed by atoms with Crippen molar-refractivity contribution in [2.45, 2.75) is 18.8 Å². The molecule has 0 bridgehead atoms. The van der Waals surface area contributed by atoms with Crippen LogP contribution in [-0.2, 0) is 0 Å². The molecule has 0 spiro atoms. The van der Waals surface area contributed by atoms with Crippen LogP contribution in [0.1, 0.15) is 34.1 Å². The highest BCUT2D eigenvalue weighted by Gasteiger charge is 2.27. The van der Waals surface area contributed by atoms with Crippen LogP contribution >= 0.6 is 11.3 Å². The minimum Gasteiger partial charge on any atom is -0.337 e. The third-order valence-corrected chi connectivity index (χ3v) is 6.29. The summed E-state index contributed by atoms with van der Waals surface area (Å²) in [7, 11) is 0. The number of rotatable bonds is 4. The van der Waals surface area contributed by atoms with Gasteiger partial charge in [-0.05, 0) is 31.0 Å².